The number of nitrogens with zero attached hydrogens (tertiary/aromatic N) is 1. The molecular formula is C23H28ClFN2O2S. The van der Waals surface area contributed by atoms with Crippen molar-refractivity contribution in [3.05, 3.63) is 70.5 Å². The molecule has 2 aromatic carbocycles. The van der Waals surface area contributed by atoms with Gasteiger partial charge < -0.3 is 10.2 Å². The number of hydrogen-bond donors (Lipinski definition) is 1. The number of thioether (sulfide) groups is 1. The van der Waals surface area contributed by atoms with E-state index in [4.69, 9.17) is 11.6 Å². The van der Waals surface area contributed by atoms with Gasteiger partial charge in [0.2, 0.25) is 11.8 Å². The molecule has 0 aliphatic rings. The minimum Gasteiger partial charge on any atom is -0.354 e. The van der Waals surface area contributed by atoms with Crippen molar-refractivity contribution in [1.29, 1.82) is 0 Å². The Morgan fingerprint density at radius 3 is 2.43 bits per heavy atom. The van der Waals surface area contributed by atoms with Crippen LogP contribution in [0.4, 0.5) is 4.39 Å². The molecule has 2 amide bonds. The van der Waals surface area contributed by atoms with Crippen LogP contribution in [0.5, 0.6) is 0 Å². The highest BCUT2D eigenvalue weighted by atomic mass is 35.5. The summed E-state index contributed by atoms with van der Waals surface area (Å²) in [4.78, 5) is 27.2. The molecule has 2 rings (SSSR count). The van der Waals surface area contributed by atoms with E-state index >= 15 is 0 Å². The molecule has 162 valence electrons. The SMILES string of the molecule is CC(C)CNC(=O)[C@@H](C)N(Cc1cccc(Cl)c1)C(=O)CSCc1ccc(F)cc1. The van der Waals surface area contributed by atoms with Crippen LogP contribution in [0, 0.1) is 11.7 Å². The lowest BCUT2D eigenvalue weighted by atomic mass is 10.1. The number of rotatable bonds is 10. The summed E-state index contributed by atoms with van der Waals surface area (Å²) in [6.45, 7) is 6.63. The van der Waals surface area contributed by atoms with E-state index in [1.54, 1.807) is 36.1 Å². The van der Waals surface area contributed by atoms with Crippen LogP contribution in [-0.4, -0.2) is 35.1 Å². The predicted octanol–water partition coefficient (Wildman–Crippen LogP) is 4.90. The van der Waals surface area contributed by atoms with Crippen molar-refractivity contribution in [2.45, 2.75) is 39.1 Å². The fraction of sp³-hybridized carbons (Fsp3) is 0.391. The Morgan fingerprint density at radius 1 is 1.10 bits per heavy atom. The molecule has 0 saturated heterocycles. The lowest BCUT2D eigenvalue weighted by Crippen LogP contribution is -2.48. The molecule has 0 unspecified atom stereocenters. The third-order valence-corrected chi connectivity index (χ3v) is 5.72. The molecule has 0 aliphatic heterocycles. The second kappa shape index (κ2) is 12.0. The summed E-state index contributed by atoms with van der Waals surface area (Å²) in [7, 11) is 0. The van der Waals surface area contributed by atoms with Gasteiger partial charge in [0.1, 0.15) is 11.9 Å². The van der Waals surface area contributed by atoms with Crippen molar-refractivity contribution in [2.75, 3.05) is 12.3 Å². The Bertz CT molecular complexity index is 845. The van der Waals surface area contributed by atoms with Crippen LogP contribution in [0.15, 0.2) is 48.5 Å². The minimum absolute atomic E-state index is 0.130. The zero-order valence-electron chi connectivity index (χ0n) is 17.5. The highest BCUT2D eigenvalue weighted by molar-refractivity contribution is 7.99. The Balaban J connectivity index is 2.05. The van der Waals surface area contributed by atoms with Gasteiger partial charge in [-0.05, 0) is 48.2 Å². The van der Waals surface area contributed by atoms with Crippen LogP contribution in [0.25, 0.3) is 0 Å². The third kappa shape index (κ3) is 8.00. The van der Waals surface area contributed by atoms with E-state index in [2.05, 4.69) is 5.32 Å². The van der Waals surface area contributed by atoms with Crippen LogP contribution in [0.3, 0.4) is 0 Å². The molecule has 0 bridgehead atoms. The average molecular weight is 451 g/mol. The number of benzene rings is 2. The summed E-state index contributed by atoms with van der Waals surface area (Å²) in [6.07, 6.45) is 0. The van der Waals surface area contributed by atoms with Crippen LogP contribution in [0.2, 0.25) is 5.02 Å². The lowest BCUT2D eigenvalue weighted by molar-refractivity contribution is -0.138. The zero-order chi connectivity index (χ0) is 22.1. The van der Waals surface area contributed by atoms with Crippen molar-refractivity contribution in [3.63, 3.8) is 0 Å². The zero-order valence-corrected chi connectivity index (χ0v) is 19.1. The molecule has 1 atom stereocenters. The second-order valence-corrected chi connectivity index (χ2v) is 9.01. The Labute approximate surface area is 187 Å². The van der Waals surface area contributed by atoms with Gasteiger partial charge in [-0.15, -0.1) is 11.8 Å². The second-order valence-electron chi connectivity index (χ2n) is 7.59. The molecule has 0 aromatic heterocycles. The predicted molar refractivity (Wildman–Crippen MR) is 122 cm³/mol. The maximum Gasteiger partial charge on any atom is 0.242 e. The van der Waals surface area contributed by atoms with Crippen molar-refractivity contribution < 1.29 is 14.0 Å². The highest BCUT2D eigenvalue weighted by Gasteiger charge is 2.26. The van der Waals surface area contributed by atoms with Crippen molar-refractivity contribution in [1.82, 2.24) is 10.2 Å². The monoisotopic (exact) mass is 450 g/mol. The molecule has 30 heavy (non-hydrogen) atoms. The van der Waals surface area contributed by atoms with Gasteiger partial charge in [-0.1, -0.05) is 49.7 Å². The number of carbonyl (C=O) groups excluding carboxylic acids is 2. The van der Waals surface area contributed by atoms with E-state index < -0.39 is 6.04 Å². The number of halogens is 2. The third-order valence-electron chi connectivity index (χ3n) is 4.50. The van der Waals surface area contributed by atoms with Crippen LogP contribution < -0.4 is 5.32 Å². The van der Waals surface area contributed by atoms with Crippen LogP contribution >= 0.6 is 23.4 Å². The van der Waals surface area contributed by atoms with Gasteiger partial charge in [-0.2, -0.15) is 0 Å². The minimum atomic E-state index is -0.610. The summed E-state index contributed by atoms with van der Waals surface area (Å²) >= 11 is 7.52. The molecule has 0 radical (unpaired) electrons. The largest absolute Gasteiger partial charge is 0.354 e. The van der Waals surface area contributed by atoms with E-state index in [1.165, 1.54) is 23.9 Å². The number of amides is 2. The van der Waals surface area contributed by atoms with Gasteiger partial charge in [0, 0.05) is 23.9 Å². The van der Waals surface area contributed by atoms with Gasteiger partial charge in [-0.3, -0.25) is 9.59 Å². The molecule has 2 aromatic rings. The Kier molecular flexibility index (Phi) is 9.66. The first-order valence-electron chi connectivity index (χ1n) is 9.90. The molecule has 7 heteroatoms. The molecular weight excluding hydrogens is 423 g/mol. The summed E-state index contributed by atoms with van der Waals surface area (Å²) in [5.41, 5.74) is 1.81. The van der Waals surface area contributed by atoms with E-state index in [-0.39, 0.29) is 23.4 Å². The van der Waals surface area contributed by atoms with E-state index in [9.17, 15) is 14.0 Å². The molecule has 4 nitrogen and oxygen atoms in total. The Morgan fingerprint density at radius 2 is 1.80 bits per heavy atom. The number of hydrogen-bond acceptors (Lipinski definition) is 3. The molecule has 0 spiro atoms. The summed E-state index contributed by atoms with van der Waals surface area (Å²) in [5.74, 6) is 0.542. The van der Waals surface area contributed by atoms with E-state index in [1.807, 2.05) is 26.0 Å². The molecule has 1 N–H and O–H groups in total. The summed E-state index contributed by atoms with van der Waals surface area (Å²) in [6, 6.07) is 12.9. The first kappa shape index (κ1) is 24.2. The number of nitrogens with one attached hydrogen (secondary N) is 1. The van der Waals surface area contributed by atoms with Gasteiger partial charge >= 0.3 is 0 Å². The van der Waals surface area contributed by atoms with Gasteiger partial charge in [0.25, 0.3) is 0 Å². The maximum absolute atomic E-state index is 13.0. The van der Waals surface area contributed by atoms with E-state index in [0.717, 1.165) is 11.1 Å². The number of carbonyl (C=O) groups is 2. The van der Waals surface area contributed by atoms with Gasteiger partial charge in [0.15, 0.2) is 0 Å². The molecule has 0 heterocycles. The normalized spacial score (nSPS) is 11.9. The van der Waals surface area contributed by atoms with Crippen molar-refractivity contribution in [3.8, 4) is 0 Å². The lowest BCUT2D eigenvalue weighted by Gasteiger charge is -2.29. The smallest absolute Gasteiger partial charge is 0.242 e. The Hall–Kier alpha value is -2.05. The highest BCUT2D eigenvalue weighted by Crippen LogP contribution is 2.18. The fourth-order valence-electron chi connectivity index (χ4n) is 2.79. The van der Waals surface area contributed by atoms with Gasteiger partial charge in [0.05, 0.1) is 5.75 Å². The quantitative estimate of drug-likeness (QED) is 0.560. The van der Waals surface area contributed by atoms with Crippen LogP contribution in [-0.2, 0) is 21.9 Å². The van der Waals surface area contributed by atoms with Gasteiger partial charge in [-0.25, -0.2) is 4.39 Å². The molecule has 0 aliphatic carbocycles. The maximum atomic E-state index is 13.0. The van der Waals surface area contributed by atoms with Crippen molar-refractivity contribution >= 4 is 35.2 Å². The van der Waals surface area contributed by atoms with Crippen molar-refractivity contribution in [2.24, 2.45) is 5.92 Å². The standard InChI is InChI=1S/C23H28ClFN2O2S/c1-16(2)12-26-23(29)17(3)27(13-19-5-4-6-20(24)11-19)22(28)15-30-14-18-7-9-21(25)10-8-18/h4-11,16-17H,12-15H2,1-3H3,(H,26,29)/t17-/m1/s1. The first-order valence-corrected chi connectivity index (χ1v) is 11.4. The summed E-state index contributed by atoms with van der Waals surface area (Å²) in [5, 5.41) is 3.49. The van der Waals surface area contributed by atoms with E-state index in [0.29, 0.717) is 29.8 Å². The first-order chi connectivity index (χ1) is 14.3. The van der Waals surface area contributed by atoms with Crippen LogP contribution in [0.1, 0.15) is 31.9 Å². The topological polar surface area (TPSA) is 49.4 Å². The molecule has 0 saturated carbocycles. The average Bonchev–Trinajstić information content (AvgIpc) is 2.71. The molecule has 0 fully saturated rings. The summed E-state index contributed by atoms with van der Waals surface area (Å²) < 4.78 is 13.0. The fourth-order valence-corrected chi connectivity index (χ4v) is 3.87.